The van der Waals surface area contributed by atoms with Crippen LogP contribution in [0.2, 0.25) is 0 Å². The standard InChI is InChI=1S/C53H38/c1-53(2)48-25-12-11-23-45(48)52-46(24-14-26-49(52)53)51-43-22-10-9-21-42(43)50(44-32-31-40(34-47(44)51)36-17-7-4-8-18-36)41-20-13-19-39(33-41)38-29-27-37(28-30-38)35-15-5-3-6-16-35/h3-34H,1-2H3. The van der Waals surface area contributed by atoms with Gasteiger partial charge in [-0.2, -0.15) is 0 Å². The molecule has 0 radical (unpaired) electrons. The van der Waals surface area contributed by atoms with Crippen LogP contribution in [0.1, 0.15) is 25.0 Å². The Balaban J connectivity index is 1.24. The summed E-state index contributed by atoms with van der Waals surface area (Å²) in [5.41, 5.74) is 17.8. The van der Waals surface area contributed by atoms with E-state index in [9.17, 15) is 0 Å². The first-order valence-corrected chi connectivity index (χ1v) is 18.6. The van der Waals surface area contributed by atoms with Gasteiger partial charge in [0, 0.05) is 5.41 Å². The maximum absolute atomic E-state index is 2.44. The molecule has 0 bridgehead atoms. The monoisotopic (exact) mass is 674 g/mol. The van der Waals surface area contributed by atoms with Crippen molar-refractivity contribution in [2.45, 2.75) is 19.3 Å². The predicted octanol–water partition coefficient (Wildman–Crippen LogP) is 14.6. The van der Waals surface area contributed by atoms with Crippen LogP contribution in [-0.4, -0.2) is 0 Å². The van der Waals surface area contributed by atoms with E-state index in [1.165, 1.54) is 99.4 Å². The molecule has 0 nitrogen and oxygen atoms in total. The summed E-state index contributed by atoms with van der Waals surface area (Å²) < 4.78 is 0. The van der Waals surface area contributed by atoms with Gasteiger partial charge in [0.25, 0.3) is 0 Å². The van der Waals surface area contributed by atoms with Crippen molar-refractivity contribution in [2.24, 2.45) is 0 Å². The molecule has 0 N–H and O–H groups in total. The topological polar surface area (TPSA) is 0 Å². The molecule has 0 saturated heterocycles. The van der Waals surface area contributed by atoms with E-state index < -0.39 is 0 Å². The number of rotatable bonds is 5. The fourth-order valence-corrected chi connectivity index (χ4v) is 8.89. The molecular weight excluding hydrogens is 637 g/mol. The van der Waals surface area contributed by atoms with Gasteiger partial charge in [0.05, 0.1) is 0 Å². The molecule has 250 valence electrons. The second-order valence-corrected chi connectivity index (χ2v) is 14.8. The van der Waals surface area contributed by atoms with Crippen molar-refractivity contribution in [3.05, 3.63) is 205 Å². The average Bonchev–Trinajstić information content (AvgIpc) is 3.46. The first kappa shape index (κ1) is 31.3. The zero-order valence-electron chi connectivity index (χ0n) is 30.0. The van der Waals surface area contributed by atoms with Gasteiger partial charge in [-0.25, -0.2) is 0 Å². The molecular formula is C53H38. The summed E-state index contributed by atoms with van der Waals surface area (Å²) in [4.78, 5) is 0. The van der Waals surface area contributed by atoms with Gasteiger partial charge in [0.2, 0.25) is 0 Å². The molecule has 10 rings (SSSR count). The molecule has 0 aromatic heterocycles. The van der Waals surface area contributed by atoms with E-state index in [-0.39, 0.29) is 5.41 Å². The smallest absolute Gasteiger partial charge is 0.0159 e. The fraction of sp³-hybridized carbons (Fsp3) is 0.0566. The van der Waals surface area contributed by atoms with Gasteiger partial charge in [-0.3, -0.25) is 0 Å². The molecule has 0 unspecified atom stereocenters. The van der Waals surface area contributed by atoms with Crippen LogP contribution in [0, 0.1) is 0 Å². The van der Waals surface area contributed by atoms with Crippen molar-refractivity contribution in [2.75, 3.05) is 0 Å². The van der Waals surface area contributed by atoms with E-state index in [1.54, 1.807) is 0 Å². The van der Waals surface area contributed by atoms with Crippen LogP contribution in [0.3, 0.4) is 0 Å². The molecule has 0 aliphatic heterocycles. The highest BCUT2D eigenvalue weighted by molar-refractivity contribution is 6.23. The minimum Gasteiger partial charge on any atom is -0.0622 e. The molecule has 9 aromatic rings. The Kier molecular flexibility index (Phi) is 7.27. The van der Waals surface area contributed by atoms with Gasteiger partial charge in [-0.15, -0.1) is 0 Å². The molecule has 1 aliphatic rings. The SMILES string of the molecule is CC1(C)c2ccccc2-c2c(-c3c4ccccc4c(-c4cccc(-c5ccc(-c6ccccc6)cc5)c4)c4ccc(-c5ccccc5)cc34)cccc21. The first-order chi connectivity index (χ1) is 26.1. The highest BCUT2D eigenvalue weighted by Gasteiger charge is 2.37. The van der Waals surface area contributed by atoms with Crippen LogP contribution in [-0.2, 0) is 5.41 Å². The minimum absolute atomic E-state index is 0.0809. The number of fused-ring (bicyclic) bond motifs is 5. The third-order valence-electron chi connectivity index (χ3n) is 11.5. The van der Waals surface area contributed by atoms with Crippen LogP contribution in [0.4, 0.5) is 0 Å². The molecule has 1 aliphatic carbocycles. The maximum Gasteiger partial charge on any atom is 0.0159 e. The first-order valence-electron chi connectivity index (χ1n) is 18.6. The quantitative estimate of drug-likeness (QED) is 0.159. The Morgan fingerprint density at radius 1 is 0.264 bits per heavy atom. The molecule has 0 saturated carbocycles. The molecule has 9 aromatic carbocycles. The number of hydrogen-bond donors (Lipinski definition) is 0. The summed E-state index contributed by atoms with van der Waals surface area (Å²) in [6, 6.07) is 71.6. The van der Waals surface area contributed by atoms with Crippen molar-refractivity contribution in [3.8, 4) is 66.8 Å². The summed E-state index contributed by atoms with van der Waals surface area (Å²) in [5, 5.41) is 5.07. The van der Waals surface area contributed by atoms with E-state index in [2.05, 4.69) is 208 Å². The summed E-state index contributed by atoms with van der Waals surface area (Å²) >= 11 is 0. The van der Waals surface area contributed by atoms with Gasteiger partial charge in [-0.1, -0.05) is 196 Å². The third-order valence-corrected chi connectivity index (χ3v) is 11.5. The molecule has 53 heavy (non-hydrogen) atoms. The van der Waals surface area contributed by atoms with Crippen LogP contribution in [0.15, 0.2) is 194 Å². The molecule has 0 heterocycles. The summed E-state index contributed by atoms with van der Waals surface area (Å²) in [6.07, 6.45) is 0. The zero-order valence-corrected chi connectivity index (χ0v) is 30.0. The Morgan fingerprint density at radius 3 is 1.45 bits per heavy atom. The highest BCUT2D eigenvalue weighted by atomic mass is 14.4. The zero-order chi connectivity index (χ0) is 35.5. The lowest BCUT2D eigenvalue weighted by Gasteiger charge is -2.23. The second-order valence-electron chi connectivity index (χ2n) is 14.8. The van der Waals surface area contributed by atoms with E-state index >= 15 is 0 Å². The third kappa shape index (κ3) is 5.06. The lowest BCUT2D eigenvalue weighted by atomic mass is 9.80. The van der Waals surface area contributed by atoms with E-state index in [1.807, 2.05) is 0 Å². The number of benzene rings is 9. The van der Waals surface area contributed by atoms with Gasteiger partial charge < -0.3 is 0 Å². The second kappa shape index (κ2) is 12.3. The van der Waals surface area contributed by atoms with E-state index in [0.717, 1.165) is 0 Å². The van der Waals surface area contributed by atoms with Crippen molar-refractivity contribution in [1.82, 2.24) is 0 Å². The molecule has 0 spiro atoms. The Labute approximate surface area is 311 Å². The lowest BCUT2D eigenvalue weighted by Crippen LogP contribution is -2.14. The summed E-state index contributed by atoms with van der Waals surface area (Å²) in [5.74, 6) is 0. The van der Waals surface area contributed by atoms with Crippen molar-refractivity contribution >= 4 is 21.5 Å². The van der Waals surface area contributed by atoms with Crippen molar-refractivity contribution < 1.29 is 0 Å². The Bertz CT molecular complexity index is 2820. The van der Waals surface area contributed by atoms with Crippen molar-refractivity contribution in [3.63, 3.8) is 0 Å². The van der Waals surface area contributed by atoms with Crippen LogP contribution < -0.4 is 0 Å². The number of hydrogen-bond acceptors (Lipinski definition) is 0. The van der Waals surface area contributed by atoms with Crippen LogP contribution in [0.25, 0.3) is 88.3 Å². The van der Waals surface area contributed by atoms with Gasteiger partial charge in [0.15, 0.2) is 0 Å². The normalized spacial score (nSPS) is 12.9. The van der Waals surface area contributed by atoms with E-state index in [4.69, 9.17) is 0 Å². The lowest BCUT2D eigenvalue weighted by molar-refractivity contribution is 0.660. The van der Waals surface area contributed by atoms with Crippen LogP contribution in [0.5, 0.6) is 0 Å². The van der Waals surface area contributed by atoms with Gasteiger partial charge in [0.1, 0.15) is 0 Å². The largest absolute Gasteiger partial charge is 0.0622 e. The predicted molar refractivity (Wildman–Crippen MR) is 226 cm³/mol. The van der Waals surface area contributed by atoms with Crippen molar-refractivity contribution in [1.29, 1.82) is 0 Å². The van der Waals surface area contributed by atoms with Crippen LogP contribution >= 0.6 is 0 Å². The fourth-order valence-electron chi connectivity index (χ4n) is 8.89. The molecule has 0 amide bonds. The average molecular weight is 675 g/mol. The van der Waals surface area contributed by atoms with E-state index in [0.29, 0.717) is 0 Å². The van der Waals surface area contributed by atoms with Gasteiger partial charge >= 0.3 is 0 Å². The Hall–Kier alpha value is -6.50. The molecule has 0 heteroatoms. The molecule has 0 fully saturated rings. The summed E-state index contributed by atoms with van der Waals surface area (Å²) in [6.45, 7) is 4.74. The van der Waals surface area contributed by atoms with Gasteiger partial charge in [-0.05, 0) is 112 Å². The molecule has 0 atom stereocenters. The summed E-state index contributed by atoms with van der Waals surface area (Å²) in [7, 11) is 0. The highest BCUT2D eigenvalue weighted by Crippen LogP contribution is 2.54. The minimum atomic E-state index is -0.0809. The Morgan fingerprint density at radius 2 is 0.717 bits per heavy atom. The maximum atomic E-state index is 2.44.